The molecule has 1 aliphatic rings. The molecular weight excluding hydrogens is 272 g/mol. The number of benzene rings is 1. The van der Waals surface area contributed by atoms with Crippen molar-refractivity contribution in [2.45, 2.75) is 39.2 Å². The van der Waals surface area contributed by atoms with E-state index in [-0.39, 0.29) is 5.78 Å². The lowest BCUT2D eigenvalue weighted by Crippen LogP contribution is -2.25. The molecule has 1 saturated carbocycles. The molecule has 0 spiro atoms. The molecule has 0 saturated heterocycles. The van der Waals surface area contributed by atoms with Crippen LogP contribution in [0.25, 0.3) is 0 Å². The van der Waals surface area contributed by atoms with Crippen LogP contribution in [0.3, 0.4) is 0 Å². The monoisotopic (exact) mass is 296 g/mol. The van der Waals surface area contributed by atoms with Gasteiger partial charge in [-0.25, -0.2) is 0 Å². The Hall–Kier alpha value is -1.87. The predicted octanol–water partition coefficient (Wildman–Crippen LogP) is 3.45. The number of aryl methyl sites for hydroxylation is 1. The number of hydrogen-bond acceptors (Lipinski definition) is 2. The third-order valence-corrected chi connectivity index (χ3v) is 4.42. The molecule has 116 valence electrons. The van der Waals surface area contributed by atoms with Gasteiger partial charge in [-0.3, -0.25) is 4.79 Å². The van der Waals surface area contributed by atoms with Crippen molar-refractivity contribution < 1.29 is 4.79 Å². The fraction of sp³-hybridized carbons (Fsp3) is 0.421. The van der Waals surface area contributed by atoms with Crippen molar-refractivity contribution in [3.8, 4) is 0 Å². The van der Waals surface area contributed by atoms with Crippen LogP contribution in [0, 0.1) is 13.8 Å². The van der Waals surface area contributed by atoms with E-state index in [1.165, 1.54) is 24.1 Å². The van der Waals surface area contributed by atoms with Gasteiger partial charge in [0.15, 0.2) is 5.78 Å². The molecule has 0 unspecified atom stereocenters. The number of ketones is 1. The van der Waals surface area contributed by atoms with Gasteiger partial charge in [0.25, 0.3) is 0 Å². The SMILES string of the molecule is Cc1cc(C(=O)CNCCc2ccccc2)c(C)n1C1CC1. The summed E-state index contributed by atoms with van der Waals surface area (Å²) in [5.74, 6) is 0.202. The van der Waals surface area contributed by atoms with Gasteiger partial charge in [0.1, 0.15) is 0 Å². The van der Waals surface area contributed by atoms with Crippen molar-refractivity contribution >= 4 is 5.78 Å². The summed E-state index contributed by atoms with van der Waals surface area (Å²) in [6.45, 7) is 5.42. The smallest absolute Gasteiger partial charge is 0.178 e. The zero-order chi connectivity index (χ0) is 15.5. The summed E-state index contributed by atoms with van der Waals surface area (Å²) in [4.78, 5) is 12.4. The maximum atomic E-state index is 12.4. The van der Waals surface area contributed by atoms with E-state index in [2.05, 4.69) is 41.9 Å². The van der Waals surface area contributed by atoms with Gasteiger partial charge in [0, 0.05) is 23.0 Å². The van der Waals surface area contributed by atoms with Crippen molar-refractivity contribution in [2.24, 2.45) is 0 Å². The summed E-state index contributed by atoms with van der Waals surface area (Å²) in [7, 11) is 0. The molecule has 1 N–H and O–H groups in total. The summed E-state index contributed by atoms with van der Waals surface area (Å²) < 4.78 is 2.33. The first-order chi connectivity index (χ1) is 10.7. The summed E-state index contributed by atoms with van der Waals surface area (Å²) in [5, 5.41) is 3.27. The zero-order valence-corrected chi connectivity index (χ0v) is 13.4. The third kappa shape index (κ3) is 3.30. The Kier molecular flexibility index (Phi) is 4.44. The van der Waals surface area contributed by atoms with Crippen molar-refractivity contribution in [3.63, 3.8) is 0 Å². The Bertz CT molecular complexity index is 654. The van der Waals surface area contributed by atoms with Crippen LogP contribution in [0.2, 0.25) is 0 Å². The second-order valence-corrected chi connectivity index (χ2v) is 6.22. The number of carbonyl (C=O) groups excluding carboxylic acids is 1. The van der Waals surface area contributed by atoms with Gasteiger partial charge in [0.05, 0.1) is 6.54 Å². The lowest BCUT2D eigenvalue weighted by Gasteiger charge is -2.08. The number of carbonyl (C=O) groups is 1. The molecule has 0 radical (unpaired) electrons. The first kappa shape index (κ1) is 15.0. The Morgan fingerprint density at radius 1 is 1.23 bits per heavy atom. The maximum Gasteiger partial charge on any atom is 0.178 e. The van der Waals surface area contributed by atoms with Crippen molar-refractivity contribution in [1.29, 1.82) is 0 Å². The molecule has 3 heteroatoms. The highest BCUT2D eigenvalue weighted by Crippen LogP contribution is 2.38. The minimum atomic E-state index is 0.202. The minimum Gasteiger partial charge on any atom is -0.345 e. The van der Waals surface area contributed by atoms with Crippen LogP contribution in [0.1, 0.15) is 46.2 Å². The molecule has 1 heterocycles. The van der Waals surface area contributed by atoms with E-state index in [1.54, 1.807) is 0 Å². The first-order valence-corrected chi connectivity index (χ1v) is 8.13. The average molecular weight is 296 g/mol. The van der Waals surface area contributed by atoms with E-state index in [0.717, 1.165) is 24.2 Å². The number of aromatic nitrogens is 1. The highest BCUT2D eigenvalue weighted by molar-refractivity contribution is 5.99. The Morgan fingerprint density at radius 3 is 2.64 bits per heavy atom. The highest BCUT2D eigenvalue weighted by Gasteiger charge is 2.28. The number of Topliss-reactive ketones (excluding diaryl/α,β-unsaturated/α-hetero) is 1. The molecule has 3 nitrogen and oxygen atoms in total. The number of rotatable bonds is 7. The molecule has 0 aliphatic heterocycles. The molecule has 3 rings (SSSR count). The molecule has 1 aromatic heterocycles. The number of hydrogen-bond donors (Lipinski definition) is 1. The molecule has 0 bridgehead atoms. The van der Waals surface area contributed by atoms with Gasteiger partial charge in [-0.1, -0.05) is 30.3 Å². The summed E-state index contributed by atoms with van der Waals surface area (Å²) in [6, 6.07) is 13.0. The van der Waals surface area contributed by atoms with Gasteiger partial charge in [-0.2, -0.15) is 0 Å². The van der Waals surface area contributed by atoms with Crippen LogP contribution in [0.15, 0.2) is 36.4 Å². The Balaban J connectivity index is 1.53. The fourth-order valence-electron chi connectivity index (χ4n) is 3.13. The lowest BCUT2D eigenvalue weighted by atomic mass is 10.1. The highest BCUT2D eigenvalue weighted by atomic mass is 16.1. The van der Waals surface area contributed by atoms with Gasteiger partial charge in [0.2, 0.25) is 0 Å². The molecule has 0 atom stereocenters. The second kappa shape index (κ2) is 6.49. The average Bonchev–Trinajstić information content (AvgIpc) is 3.30. The lowest BCUT2D eigenvalue weighted by molar-refractivity contribution is 0.0990. The van der Waals surface area contributed by atoms with E-state index in [9.17, 15) is 4.79 Å². The molecule has 2 aromatic rings. The largest absolute Gasteiger partial charge is 0.345 e. The minimum absolute atomic E-state index is 0.202. The molecular formula is C19H24N2O. The predicted molar refractivity (Wildman–Crippen MR) is 89.5 cm³/mol. The maximum absolute atomic E-state index is 12.4. The summed E-state index contributed by atoms with van der Waals surface area (Å²) >= 11 is 0. The van der Waals surface area contributed by atoms with Crippen LogP contribution >= 0.6 is 0 Å². The standard InChI is InChI=1S/C19H24N2O/c1-14-12-18(15(2)21(14)17-8-9-17)19(22)13-20-11-10-16-6-4-3-5-7-16/h3-7,12,17,20H,8-11,13H2,1-2H3. The quantitative estimate of drug-likeness (QED) is 0.627. The molecule has 1 aromatic carbocycles. The van der Waals surface area contributed by atoms with Crippen molar-refractivity contribution in [1.82, 2.24) is 9.88 Å². The normalized spacial score (nSPS) is 14.3. The van der Waals surface area contributed by atoms with E-state index >= 15 is 0 Å². The Morgan fingerprint density at radius 2 is 1.95 bits per heavy atom. The number of nitrogens with one attached hydrogen (secondary N) is 1. The van der Waals surface area contributed by atoms with Gasteiger partial charge >= 0.3 is 0 Å². The topological polar surface area (TPSA) is 34.0 Å². The van der Waals surface area contributed by atoms with Crippen LogP contribution in [0.5, 0.6) is 0 Å². The summed E-state index contributed by atoms with van der Waals surface area (Å²) in [5.41, 5.74) is 4.54. The zero-order valence-electron chi connectivity index (χ0n) is 13.4. The van der Waals surface area contributed by atoms with E-state index in [4.69, 9.17) is 0 Å². The van der Waals surface area contributed by atoms with Crippen molar-refractivity contribution in [3.05, 3.63) is 58.9 Å². The van der Waals surface area contributed by atoms with Crippen LogP contribution in [-0.4, -0.2) is 23.4 Å². The Labute approximate surface area is 132 Å². The van der Waals surface area contributed by atoms with E-state index in [0.29, 0.717) is 12.6 Å². The van der Waals surface area contributed by atoms with Crippen molar-refractivity contribution in [2.75, 3.05) is 13.1 Å². The molecule has 1 aliphatic carbocycles. The molecule has 1 fully saturated rings. The fourth-order valence-corrected chi connectivity index (χ4v) is 3.13. The molecule has 0 amide bonds. The van der Waals surface area contributed by atoms with Crippen LogP contribution < -0.4 is 5.32 Å². The van der Waals surface area contributed by atoms with Crippen LogP contribution in [-0.2, 0) is 6.42 Å². The van der Waals surface area contributed by atoms with E-state index in [1.807, 2.05) is 18.2 Å². The van der Waals surface area contributed by atoms with E-state index < -0.39 is 0 Å². The number of nitrogens with zero attached hydrogens (tertiary/aromatic N) is 1. The van der Waals surface area contributed by atoms with Gasteiger partial charge in [-0.15, -0.1) is 0 Å². The summed E-state index contributed by atoms with van der Waals surface area (Å²) in [6.07, 6.45) is 3.45. The molecule has 22 heavy (non-hydrogen) atoms. The first-order valence-electron chi connectivity index (χ1n) is 8.13. The van der Waals surface area contributed by atoms with Gasteiger partial charge < -0.3 is 9.88 Å². The van der Waals surface area contributed by atoms with Gasteiger partial charge in [-0.05, 0) is 51.3 Å². The second-order valence-electron chi connectivity index (χ2n) is 6.22. The van der Waals surface area contributed by atoms with Crippen LogP contribution in [0.4, 0.5) is 0 Å². The third-order valence-electron chi connectivity index (χ3n) is 4.42.